The molecular weight excluding hydrogens is 230 g/mol. The Morgan fingerprint density at radius 1 is 1.44 bits per heavy atom. The Balaban J connectivity index is 2.00. The lowest BCUT2D eigenvalue weighted by atomic mass is 9.97. The Kier molecular flexibility index (Phi) is 4.40. The van der Waals surface area contributed by atoms with Gasteiger partial charge in [-0.3, -0.25) is 0 Å². The summed E-state index contributed by atoms with van der Waals surface area (Å²) in [5.74, 6) is -0.192. The molecule has 1 N–H and O–H groups in total. The van der Waals surface area contributed by atoms with Gasteiger partial charge in [0.2, 0.25) is 0 Å². The standard InChI is InChI=1S/C14H23NO3/c1-4-10(5-2)18-12-8-9(14(16)17-6-3)7-11-13(12)15-11/h8,10-13,15H,4-7H2,1-3H3/t11-,12+,13+/m0/s1. The number of ether oxygens (including phenoxy) is 2. The molecule has 0 radical (unpaired) electrons. The maximum Gasteiger partial charge on any atom is 0.333 e. The number of fused-ring (bicyclic) bond motifs is 1. The van der Waals surface area contributed by atoms with Crippen molar-refractivity contribution in [1.29, 1.82) is 0 Å². The molecule has 1 saturated heterocycles. The summed E-state index contributed by atoms with van der Waals surface area (Å²) in [6.07, 6.45) is 5.04. The van der Waals surface area contributed by atoms with Gasteiger partial charge in [-0.25, -0.2) is 4.79 Å². The Morgan fingerprint density at radius 2 is 2.17 bits per heavy atom. The average Bonchev–Trinajstić information content (AvgIpc) is 3.15. The fourth-order valence-electron chi connectivity index (χ4n) is 2.51. The minimum atomic E-state index is -0.192. The highest BCUT2D eigenvalue weighted by atomic mass is 16.5. The molecule has 1 aliphatic carbocycles. The van der Waals surface area contributed by atoms with Crippen LogP contribution in [0.5, 0.6) is 0 Å². The zero-order valence-electron chi connectivity index (χ0n) is 11.4. The molecular formula is C14H23NO3. The first-order valence-corrected chi connectivity index (χ1v) is 6.98. The molecule has 0 amide bonds. The van der Waals surface area contributed by atoms with Crippen molar-refractivity contribution < 1.29 is 14.3 Å². The van der Waals surface area contributed by atoms with Crippen molar-refractivity contribution in [3.8, 4) is 0 Å². The van der Waals surface area contributed by atoms with Crippen molar-refractivity contribution in [1.82, 2.24) is 5.32 Å². The predicted octanol–water partition coefficient (Wildman–Crippen LogP) is 1.79. The smallest absolute Gasteiger partial charge is 0.333 e. The number of carbonyl (C=O) groups is 1. The third-order valence-corrected chi connectivity index (χ3v) is 3.69. The molecule has 0 aromatic rings. The summed E-state index contributed by atoms with van der Waals surface area (Å²) < 4.78 is 11.1. The molecule has 0 aromatic heterocycles. The van der Waals surface area contributed by atoms with E-state index in [1.165, 1.54) is 0 Å². The highest BCUT2D eigenvalue weighted by Gasteiger charge is 2.47. The Bertz CT molecular complexity index is 336. The van der Waals surface area contributed by atoms with Gasteiger partial charge in [0.15, 0.2) is 0 Å². The number of nitrogens with one attached hydrogen (secondary N) is 1. The van der Waals surface area contributed by atoms with Crippen LogP contribution in [0.2, 0.25) is 0 Å². The van der Waals surface area contributed by atoms with E-state index in [9.17, 15) is 4.79 Å². The molecule has 3 atom stereocenters. The van der Waals surface area contributed by atoms with E-state index in [0.717, 1.165) is 24.8 Å². The molecule has 102 valence electrons. The van der Waals surface area contributed by atoms with Crippen molar-refractivity contribution in [3.63, 3.8) is 0 Å². The first kappa shape index (κ1) is 13.6. The van der Waals surface area contributed by atoms with E-state index in [-0.39, 0.29) is 18.2 Å². The summed E-state index contributed by atoms with van der Waals surface area (Å²) in [6, 6.07) is 0.789. The maximum absolute atomic E-state index is 11.8. The normalized spacial score (nSPS) is 29.8. The summed E-state index contributed by atoms with van der Waals surface area (Å²) in [5, 5.41) is 3.38. The second-order valence-electron chi connectivity index (χ2n) is 4.95. The van der Waals surface area contributed by atoms with Crippen LogP contribution in [-0.4, -0.2) is 36.9 Å². The van der Waals surface area contributed by atoms with Crippen LogP contribution in [0, 0.1) is 0 Å². The number of hydrogen-bond acceptors (Lipinski definition) is 4. The number of rotatable bonds is 6. The van der Waals surface area contributed by atoms with Gasteiger partial charge < -0.3 is 14.8 Å². The Hall–Kier alpha value is -0.870. The number of esters is 1. The minimum absolute atomic E-state index is 0.0213. The lowest BCUT2D eigenvalue weighted by molar-refractivity contribution is -0.138. The molecule has 2 aliphatic rings. The van der Waals surface area contributed by atoms with E-state index < -0.39 is 0 Å². The molecule has 1 fully saturated rings. The van der Waals surface area contributed by atoms with Crippen LogP contribution in [0.15, 0.2) is 11.6 Å². The predicted molar refractivity (Wildman–Crippen MR) is 69.3 cm³/mol. The van der Waals surface area contributed by atoms with Crippen molar-refractivity contribution in [2.75, 3.05) is 6.61 Å². The van der Waals surface area contributed by atoms with E-state index in [0.29, 0.717) is 18.7 Å². The summed E-state index contributed by atoms with van der Waals surface area (Å²) in [4.78, 5) is 11.8. The van der Waals surface area contributed by atoms with Gasteiger partial charge in [-0.05, 0) is 32.3 Å². The van der Waals surface area contributed by atoms with Gasteiger partial charge in [0.1, 0.15) is 0 Å². The average molecular weight is 253 g/mol. The van der Waals surface area contributed by atoms with Gasteiger partial charge >= 0.3 is 5.97 Å². The SMILES string of the molecule is CCOC(=O)C1=C[C@@H](OC(CC)CC)[C@@H]2N[C@H]2C1. The molecule has 0 bridgehead atoms. The van der Waals surface area contributed by atoms with Crippen molar-refractivity contribution in [2.24, 2.45) is 0 Å². The molecule has 4 nitrogen and oxygen atoms in total. The molecule has 0 aromatic carbocycles. The first-order valence-electron chi connectivity index (χ1n) is 6.98. The van der Waals surface area contributed by atoms with Gasteiger partial charge in [-0.2, -0.15) is 0 Å². The lowest BCUT2D eigenvalue weighted by Gasteiger charge is -2.23. The highest BCUT2D eigenvalue weighted by molar-refractivity contribution is 5.89. The third kappa shape index (κ3) is 2.93. The number of hydrogen-bond donors (Lipinski definition) is 1. The zero-order valence-corrected chi connectivity index (χ0v) is 11.4. The summed E-state index contributed by atoms with van der Waals surface area (Å²) >= 11 is 0. The second kappa shape index (κ2) is 5.85. The molecule has 2 rings (SSSR count). The topological polar surface area (TPSA) is 57.5 Å². The van der Waals surface area contributed by atoms with E-state index >= 15 is 0 Å². The molecule has 0 spiro atoms. The van der Waals surface area contributed by atoms with Crippen LogP contribution < -0.4 is 5.32 Å². The van der Waals surface area contributed by atoms with Gasteiger partial charge in [-0.15, -0.1) is 0 Å². The van der Waals surface area contributed by atoms with Crippen LogP contribution in [0.25, 0.3) is 0 Å². The molecule has 0 saturated carbocycles. The Morgan fingerprint density at radius 3 is 2.78 bits per heavy atom. The summed E-state index contributed by atoms with van der Waals surface area (Å²) in [7, 11) is 0. The fraction of sp³-hybridized carbons (Fsp3) is 0.786. The maximum atomic E-state index is 11.8. The summed E-state index contributed by atoms with van der Waals surface area (Å²) in [6.45, 7) is 6.52. The summed E-state index contributed by atoms with van der Waals surface area (Å²) in [5.41, 5.74) is 0.763. The van der Waals surface area contributed by atoms with Gasteiger partial charge in [0.25, 0.3) is 0 Å². The van der Waals surface area contributed by atoms with Gasteiger partial charge in [0.05, 0.1) is 24.9 Å². The Labute approximate surface area is 109 Å². The monoisotopic (exact) mass is 253 g/mol. The van der Waals surface area contributed by atoms with Gasteiger partial charge in [0, 0.05) is 11.6 Å². The van der Waals surface area contributed by atoms with E-state index in [4.69, 9.17) is 9.47 Å². The fourth-order valence-corrected chi connectivity index (χ4v) is 2.51. The van der Waals surface area contributed by atoms with Crippen LogP contribution in [-0.2, 0) is 14.3 Å². The van der Waals surface area contributed by atoms with E-state index in [2.05, 4.69) is 19.2 Å². The minimum Gasteiger partial charge on any atom is -0.463 e. The van der Waals surface area contributed by atoms with Crippen LogP contribution in [0.3, 0.4) is 0 Å². The molecule has 18 heavy (non-hydrogen) atoms. The van der Waals surface area contributed by atoms with E-state index in [1.807, 2.05) is 13.0 Å². The molecule has 1 aliphatic heterocycles. The van der Waals surface area contributed by atoms with Crippen molar-refractivity contribution in [2.45, 2.75) is 64.3 Å². The van der Waals surface area contributed by atoms with Crippen LogP contribution >= 0.6 is 0 Å². The van der Waals surface area contributed by atoms with Crippen LogP contribution in [0.4, 0.5) is 0 Å². The largest absolute Gasteiger partial charge is 0.463 e. The zero-order chi connectivity index (χ0) is 13.1. The third-order valence-electron chi connectivity index (χ3n) is 3.69. The number of carbonyl (C=O) groups excluding carboxylic acids is 1. The quantitative estimate of drug-likeness (QED) is 0.579. The molecule has 0 unspecified atom stereocenters. The van der Waals surface area contributed by atoms with Gasteiger partial charge in [-0.1, -0.05) is 13.8 Å². The first-order chi connectivity index (χ1) is 8.69. The van der Waals surface area contributed by atoms with Crippen LogP contribution in [0.1, 0.15) is 40.0 Å². The molecule has 1 heterocycles. The highest BCUT2D eigenvalue weighted by Crippen LogP contribution is 2.32. The van der Waals surface area contributed by atoms with Crippen molar-refractivity contribution in [3.05, 3.63) is 11.6 Å². The second-order valence-corrected chi connectivity index (χ2v) is 4.95. The van der Waals surface area contributed by atoms with Crippen molar-refractivity contribution >= 4 is 5.97 Å². The molecule has 4 heteroatoms. The van der Waals surface area contributed by atoms with E-state index in [1.54, 1.807) is 0 Å². The lowest BCUT2D eigenvalue weighted by Crippen LogP contribution is -2.30.